The molecule has 1 fully saturated rings. The molecular weight excluding hydrogens is 338 g/mol. The average molecular weight is 365 g/mol. The van der Waals surface area contributed by atoms with Gasteiger partial charge in [0.1, 0.15) is 0 Å². The van der Waals surface area contributed by atoms with Gasteiger partial charge in [0.15, 0.2) is 0 Å². The zero-order valence-corrected chi connectivity index (χ0v) is 13.7. The van der Waals surface area contributed by atoms with Gasteiger partial charge >= 0.3 is 11.9 Å². The fourth-order valence-electron chi connectivity index (χ4n) is 2.92. The zero-order valence-electron chi connectivity index (χ0n) is 13.7. The Hall–Kier alpha value is -1.34. The third-order valence-electron chi connectivity index (χ3n) is 4.14. The Labute approximate surface area is 144 Å². The molecule has 9 N–H and O–H groups in total. The molecule has 2 unspecified atom stereocenters. The molecule has 1 aliphatic rings. The Kier molecular flexibility index (Phi) is 9.21. The summed E-state index contributed by atoms with van der Waals surface area (Å²) in [6, 6.07) is -2.79. The summed E-state index contributed by atoms with van der Waals surface area (Å²) in [5.41, 5.74) is 0. The SMILES string of the molecule is O=C(O)CCN[C@@H]1C(O)[C@H](NCCC(=O)O)[C@H](O)C(NCCO)[C@@H]1O. The molecule has 0 bridgehead atoms. The number of carboxylic acid groups (broad SMARTS) is 2. The molecule has 11 heteroatoms. The van der Waals surface area contributed by atoms with Crippen LogP contribution in [-0.4, -0.2) is 105 Å². The fourth-order valence-corrected chi connectivity index (χ4v) is 2.92. The summed E-state index contributed by atoms with van der Waals surface area (Å²) in [6.07, 6.45) is -4.21. The molecule has 0 aromatic heterocycles. The first kappa shape index (κ1) is 21.7. The van der Waals surface area contributed by atoms with Gasteiger partial charge in [0, 0.05) is 19.6 Å². The maximum Gasteiger partial charge on any atom is 0.304 e. The van der Waals surface area contributed by atoms with Crippen LogP contribution in [-0.2, 0) is 9.59 Å². The minimum Gasteiger partial charge on any atom is -0.481 e. The van der Waals surface area contributed by atoms with Crippen molar-refractivity contribution in [2.24, 2.45) is 0 Å². The van der Waals surface area contributed by atoms with E-state index in [1.807, 2.05) is 0 Å². The van der Waals surface area contributed by atoms with E-state index in [9.17, 15) is 24.9 Å². The van der Waals surface area contributed by atoms with E-state index in [0.717, 1.165) is 0 Å². The molecule has 0 radical (unpaired) electrons. The Balaban J connectivity index is 2.82. The molecule has 0 aromatic carbocycles. The Morgan fingerprint density at radius 1 is 0.680 bits per heavy atom. The molecule has 11 nitrogen and oxygen atoms in total. The molecule has 0 aliphatic heterocycles. The summed E-state index contributed by atoms with van der Waals surface area (Å²) in [5, 5.41) is 65.8. The van der Waals surface area contributed by atoms with Crippen LogP contribution in [0.4, 0.5) is 0 Å². The highest BCUT2D eigenvalue weighted by molar-refractivity contribution is 5.67. The van der Waals surface area contributed by atoms with Crippen LogP contribution in [0.3, 0.4) is 0 Å². The second-order valence-electron chi connectivity index (χ2n) is 5.92. The Morgan fingerprint density at radius 2 is 1.00 bits per heavy atom. The van der Waals surface area contributed by atoms with Crippen molar-refractivity contribution in [3.05, 3.63) is 0 Å². The van der Waals surface area contributed by atoms with Crippen LogP contribution in [0.25, 0.3) is 0 Å². The third-order valence-corrected chi connectivity index (χ3v) is 4.14. The third kappa shape index (κ3) is 6.47. The normalized spacial score (nSPS) is 32.5. The van der Waals surface area contributed by atoms with E-state index in [0.29, 0.717) is 0 Å². The number of carbonyl (C=O) groups is 2. The van der Waals surface area contributed by atoms with Gasteiger partial charge in [-0.3, -0.25) is 9.59 Å². The molecule has 6 atom stereocenters. The Morgan fingerprint density at radius 3 is 1.28 bits per heavy atom. The van der Waals surface area contributed by atoms with Crippen molar-refractivity contribution in [2.45, 2.75) is 49.3 Å². The molecule has 0 heterocycles. The number of rotatable bonds is 11. The van der Waals surface area contributed by atoms with Crippen molar-refractivity contribution in [2.75, 3.05) is 26.2 Å². The number of carboxylic acids is 2. The number of nitrogens with one attached hydrogen (secondary N) is 3. The van der Waals surface area contributed by atoms with Gasteiger partial charge in [-0.1, -0.05) is 0 Å². The second kappa shape index (κ2) is 10.6. The largest absolute Gasteiger partial charge is 0.481 e. The quantitative estimate of drug-likeness (QED) is 0.173. The summed E-state index contributed by atoms with van der Waals surface area (Å²) in [5.74, 6) is -2.09. The number of aliphatic hydroxyl groups is 4. The minimum absolute atomic E-state index is 0.00121. The summed E-state index contributed by atoms with van der Waals surface area (Å²) in [7, 11) is 0. The molecule has 25 heavy (non-hydrogen) atoms. The van der Waals surface area contributed by atoms with Gasteiger partial charge in [-0.15, -0.1) is 0 Å². The Bertz CT molecular complexity index is 404. The van der Waals surface area contributed by atoms with Gasteiger partial charge in [0.05, 0.1) is 55.9 Å². The zero-order chi connectivity index (χ0) is 19.0. The molecule has 0 spiro atoms. The molecule has 0 aromatic rings. The van der Waals surface area contributed by atoms with E-state index in [4.69, 9.17) is 15.3 Å². The van der Waals surface area contributed by atoms with Crippen molar-refractivity contribution in [3.63, 3.8) is 0 Å². The van der Waals surface area contributed by atoms with Gasteiger partial charge in [-0.2, -0.15) is 0 Å². The van der Waals surface area contributed by atoms with Gasteiger partial charge in [-0.05, 0) is 0 Å². The molecule has 1 rings (SSSR count). The first-order valence-electron chi connectivity index (χ1n) is 8.08. The molecule has 0 saturated heterocycles. The lowest BCUT2D eigenvalue weighted by Gasteiger charge is -2.47. The van der Waals surface area contributed by atoms with Gasteiger partial charge < -0.3 is 46.6 Å². The summed E-state index contributed by atoms with van der Waals surface area (Å²) < 4.78 is 0. The van der Waals surface area contributed by atoms with E-state index < -0.39 is 48.4 Å². The highest BCUT2D eigenvalue weighted by Crippen LogP contribution is 2.22. The lowest BCUT2D eigenvalue weighted by Crippen LogP contribution is -2.73. The molecule has 0 amide bonds. The lowest BCUT2D eigenvalue weighted by atomic mass is 9.79. The van der Waals surface area contributed by atoms with E-state index in [1.165, 1.54) is 0 Å². The maximum absolute atomic E-state index is 10.6. The first-order chi connectivity index (χ1) is 11.8. The van der Waals surface area contributed by atoms with Gasteiger partial charge in [0.2, 0.25) is 0 Å². The van der Waals surface area contributed by atoms with Crippen molar-refractivity contribution >= 4 is 11.9 Å². The predicted octanol–water partition coefficient (Wildman–Crippen LogP) is -4.10. The van der Waals surface area contributed by atoms with Crippen molar-refractivity contribution in [1.82, 2.24) is 16.0 Å². The van der Waals surface area contributed by atoms with Crippen LogP contribution < -0.4 is 16.0 Å². The summed E-state index contributed by atoms with van der Waals surface area (Å²) in [4.78, 5) is 21.2. The van der Waals surface area contributed by atoms with Crippen LogP contribution in [0.5, 0.6) is 0 Å². The number of hydrogen-bond donors (Lipinski definition) is 9. The van der Waals surface area contributed by atoms with Crippen LogP contribution in [0.15, 0.2) is 0 Å². The van der Waals surface area contributed by atoms with E-state index >= 15 is 0 Å². The minimum atomic E-state index is -1.28. The van der Waals surface area contributed by atoms with Crippen molar-refractivity contribution < 1.29 is 40.2 Å². The van der Waals surface area contributed by atoms with Crippen LogP contribution >= 0.6 is 0 Å². The van der Waals surface area contributed by atoms with Gasteiger partial charge in [0.25, 0.3) is 0 Å². The summed E-state index contributed by atoms with van der Waals surface area (Å²) in [6.45, 7) is -0.136. The topological polar surface area (TPSA) is 192 Å². The standard InChI is InChI=1S/C14H27N3O8/c18-6-5-17-11-13(24)9(15-3-1-7(19)20)12(23)10(14(11)25)16-4-2-8(21)22/h9-18,23-25H,1-6H2,(H,19,20)(H,21,22)/t9-,10+,11?,12?,13-,14+. The van der Waals surface area contributed by atoms with E-state index in [2.05, 4.69) is 16.0 Å². The average Bonchev–Trinajstić information content (AvgIpc) is 2.53. The maximum atomic E-state index is 10.6. The predicted molar refractivity (Wildman–Crippen MR) is 85.0 cm³/mol. The molecule has 146 valence electrons. The fraction of sp³-hybridized carbons (Fsp3) is 0.857. The smallest absolute Gasteiger partial charge is 0.304 e. The van der Waals surface area contributed by atoms with Crippen LogP contribution in [0.1, 0.15) is 12.8 Å². The molecule has 1 saturated carbocycles. The molecule has 1 aliphatic carbocycles. The number of hydrogen-bond acceptors (Lipinski definition) is 9. The van der Waals surface area contributed by atoms with Crippen molar-refractivity contribution in [1.29, 1.82) is 0 Å². The highest BCUT2D eigenvalue weighted by Gasteiger charge is 2.48. The summed E-state index contributed by atoms with van der Waals surface area (Å²) >= 11 is 0. The first-order valence-corrected chi connectivity index (χ1v) is 8.08. The van der Waals surface area contributed by atoms with Crippen LogP contribution in [0, 0.1) is 0 Å². The van der Waals surface area contributed by atoms with Crippen molar-refractivity contribution in [3.8, 4) is 0 Å². The highest BCUT2D eigenvalue weighted by atomic mass is 16.4. The number of aliphatic hydroxyl groups excluding tert-OH is 4. The van der Waals surface area contributed by atoms with E-state index in [-0.39, 0.29) is 39.1 Å². The van der Waals surface area contributed by atoms with Gasteiger partial charge in [-0.25, -0.2) is 0 Å². The second-order valence-corrected chi connectivity index (χ2v) is 5.92. The monoisotopic (exact) mass is 365 g/mol. The molecular formula is C14H27N3O8. The van der Waals surface area contributed by atoms with E-state index in [1.54, 1.807) is 0 Å². The lowest BCUT2D eigenvalue weighted by molar-refractivity contribution is -0.137. The van der Waals surface area contributed by atoms with Crippen LogP contribution in [0.2, 0.25) is 0 Å². The number of aliphatic carboxylic acids is 2.